The van der Waals surface area contributed by atoms with Crippen molar-refractivity contribution in [2.45, 2.75) is 32.9 Å². The molecular formula is C22H26ClF3N2O4S. The van der Waals surface area contributed by atoms with E-state index in [4.69, 9.17) is 16.3 Å². The molecule has 0 saturated heterocycles. The average Bonchev–Trinajstić information content (AvgIpc) is 2.69. The van der Waals surface area contributed by atoms with E-state index in [0.717, 1.165) is 39.6 Å². The summed E-state index contributed by atoms with van der Waals surface area (Å²) >= 11 is 5.98. The summed E-state index contributed by atoms with van der Waals surface area (Å²) in [6.07, 6.45) is -3.72. The molecule has 0 aliphatic rings. The van der Waals surface area contributed by atoms with Crippen molar-refractivity contribution in [1.82, 2.24) is 5.32 Å². The molecular weight excluding hydrogens is 481 g/mol. The summed E-state index contributed by atoms with van der Waals surface area (Å²) in [6.45, 7) is 4.20. The van der Waals surface area contributed by atoms with Crippen LogP contribution in [0.4, 0.5) is 18.9 Å². The number of ether oxygens (including phenoxy) is 1. The van der Waals surface area contributed by atoms with Crippen LogP contribution >= 0.6 is 11.6 Å². The summed E-state index contributed by atoms with van der Waals surface area (Å²) in [7, 11) is -3.93. The maximum Gasteiger partial charge on any atom is 0.416 e. The summed E-state index contributed by atoms with van der Waals surface area (Å²) < 4.78 is 69.9. The molecule has 33 heavy (non-hydrogen) atoms. The van der Waals surface area contributed by atoms with Crippen molar-refractivity contribution in [3.8, 4) is 5.75 Å². The average molecular weight is 507 g/mol. The zero-order valence-corrected chi connectivity index (χ0v) is 20.1. The molecule has 0 aliphatic heterocycles. The first-order valence-corrected chi connectivity index (χ1v) is 12.3. The zero-order valence-electron chi connectivity index (χ0n) is 18.5. The Hall–Kier alpha value is -2.46. The van der Waals surface area contributed by atoms with Crippen molar-refractivity contribution in [3.63, 3.8) is 0 Å². The summed E-state index contributed by atoms with van der Waals surface area (Å²) in [4.78, 5) is 12.1. The number of nitrogens with zero attached hydrogens (tertiary/aromatic N) is 1. The fraction of sp³-hybridized carbons (Fsp3) is 0.409. The number of halogens is 4. The van der Waals surface area contributed by atoms with E-state index in [1.165, 1.54) is 0 Å². The summed E-state index contributed by atoms with van der Waals surface area (Å²) in [6, 6.07) is 8.22. The lowest BCUT2D eigenvalue weighted by atomic mass is 10.1. The highest BCUT2D eigenvalue weighted by Gasteiger charge is 2.32. The number of carbonyl (C=O) groups excluding carboxylic acids is 1. The summed E-state index contributed by atoms with van der Waals surface area (Å²) in [5.41, 5.74) is 0.798. The second-order valence-corrected chi connectivity index (χ2v) is 9.88. The third-order valence-corrected chi connectivity index (χ3v) is 6.22. The van der Waals surface area contributed by atoms with Gasteiger partial charge in [0.2, 0.25) is 15.9 Å². The lowest BCUT2D eigenvalue weighted by molar-refractivity contribution is -0.137. The van der Waals surface area contributed by atoms with Crippen LogP contribution < -0.4 is 14.4 Å². The number of hydrogen-bond donors (Lipinski definition) is 1. The minimum absolute atomic E-state index is 0.0217. The van der Waals surface area contributed by atoms with E-state index >= 15 is 0 Å². The maximum atomic E-state index is 13.0. The smallest absolute Gasteiger partial charge is 0.416 e. The van der Waals surface area contributed by atoms with Crippen molar-refractivity contribution < 1.29 is 31.1 Å². The largest absolute Gasteiger partial charge is 0.491 e. The summed E-state index contributed by atoms with van der Waals surface area (Å²) in [5.74, 6) is 0.388. The molecule has 0 unspecified atom stereocenters. The van der Waals surface area contributed by atoms with E-state index in [1.54, 1.807) is 0 Å². The molecule has 0 aromatic heterocycles. The van der Waals surface area contributed by atoms with Crippen LogP contribution in [0.3, 0.4) is 0 Å². The van der Waals surface area contributed by atoms with E-state index in [9.17, 15) is 26.4 Å². The van der Waals surface area contributed by atoms with Crippen LogP contribution in [0.5, 0.6) is 5.75 Å². The van der Waals surface area contributed by atoms with Gasteiger partial charge in [-0.05, 0) is 50.1 Å². The third-order valence-electron chi connectivity index (χ3n) is 4.72. The normalized spacial score (nSPS) is 11.8. The van der Waals surface area contributed by atoms with Gasteiger partial charge in [-0.2, -0.15) is 13.2 Å². The van der Waals surface area contributed by atoms with Crippen LogP contribution in [0.1, 0.15) is 29.5 Å². The second kappa shape index (κ2) is 11.1. The Labute approximate surface area is 196 Å². The van der Waals surface area contributed by atoms with Gasteiger partial charge in [-0.25, -0.2) is 8.42 Å². The zero-order chi connectivity index (χ0) is 24.8. The van der Waals surface area contributed by atoms with Gasteiger partial charge in [-0.1, -0.05) is 29.3 Å². The first-order valence-electron chi connectivity index (χ1n) is 10.1. The lowest BCUT2D eigenvalue weighted by Crippen LogP contribution is -2.33. The highest BCUT2D eigenvalue weighted by atomic mass is 35.5. The van der Waals surface area contributed by atoms with E-state index in [1.807, 2.05) is 32.0 Å². The molecule has 2 aromatic carbocycles. The predicted octanol–water partition coefficient (Wildman–Crippen LogP) is 4.72. The standard InChI is InChI=1S/C22H26ClF3N2O4S/c1-15-6-9-20(16(2)13-15)32-12-10-27-21(29)5-4-11-28(33(3,30)31)19-14-17(22(24,25)26)7-8-18(19)23/h6-9,13-14H,4-5,10-12H2,1-3H3,(H,27,29). The van der Waals surface area contributed by atoms with E-state index in [0.29, 0.717) is 6.07 Å². The molecule has 182 valence electrons. The van der Waals surface area contributed by atoms with Gasteiger partial charge in [-0.3, -0.25) is 9.10 Å². The van der Waals surface area contributed by atoms with Gasteiger partial charge >= 0.3 is 6.18 Å². The third kappa shape index (κ3) is 8.12. The molecule has 2 aromatic rings. The molecule has 0 radical (unpaired) electrons. The number of amides is 1. The number of nitrogens with one attached hydrogen (secondary N) is 1. The molecule has 1 amide bonds. The minimum Gasteiger partial charge on any atom is -0.491 e. The molecule has 0 bridgehead atoms. The second-order valence-electron chi connectivity index (χ2n) is 7.57. The Kier molecular flexibility index (Phi) is 9.02. The summed E-state index contributed by atoms with van der Waals surface area (Å²) in [5, 5.41) is 2.53. The van der Waals surface area contributed by atoms with Crippen LogP contribution in [0.15, 0.2) is 36.4 Å². The van der Waals surface area contributed by atoms with Crippen molar-refractivity contribution in [1.29, 1.82) is 0 Å². The van der Waals surface area contributed by atoms with Gasteiger partial charge in [-0.15, -0.1) is 0 Å². The lowest BCUT2D eigenvalue weighted by Gasteiger charge is -2.24. The van der Waals surface area contributed by atoms with Crippen LogP contribution in [0, 0.1) is 13.8 Å². The van der Waals surface area contributed by atoms with Gasteiger partial charge in [0.25, 0.3) is 0 Å². The minimum atomic E-state index is -4.65. The number of aryl methyl sites for hydroxylation is 2. The Morgan fingerprint density at radius 1 is 1.15 bits per heavy atom. The molecule has 0 spiro atoms. The number of anilines is 1. The Morgan fingerprint density at radius 2 is 1.85 bits per heavy atom. The number of benzene rings is 2. The first-order chi connectivity index (χ1) is 15.3. The number of rotatable bonds is 10. The van der Waals surface area contributed by atoms with Gasteiger partial charge in [0, 0.05) is 13.0 Å². The number of carbonyl (C=O) groups is 1. The van der Waals surface area contributed by atoms with E-state index in [-0.39, 0.29) is 49.2 Å². The van der Waals surface area contributed by atoms with Crippen LogP contribution in [0.2, 0.25) is 5.02 Å². The predicted molar refractivity (Wildman–Crippen MR) is 122 cm³/mol. The number of alkyl halides is 3. The first kappa shape index (κ1) is 26.8. The Morgan fingerprint density at radius 3 is 2.45 bits per heavy atom. The van der Waals surface area contributed by atoms with Crippen molar-refractivity contribution in [2.75, 3.05) is 30.3 Å². The van der Waals surface area contributed by atoms with E-state index in [2.05, 4.69) is 5.32 Å². The monoisotopic (exact) mass is 506 g/mol. The SMILES string of the molecule is Cc1ccc(OCCNC(=O)CCCN(c2cc(C(F)(F)F)ccc2Cl)S(C)(=O)=O)c(C)c1. The maximum absolute atomic E-state index is 13.0. The van der Waals surface area contributed by atoms with Gasteiger partial charge in [0.05, 0.1) is 29.1 Å². The van der Waals surface area contributed by atoms with Gasteiger partial charge in [0.1, 0.15) is 12.4 Å². The molecule has 11 heteroatoms. The van der Waals surface area contributed by atoms with Crippen molar-refractivity contribution >= 4 is 33.2 Å². The quantitative estimate of drug-likeness (QED) is 0.473. The molecule has 2 rings (SSSR count). The van der Waals surface area contributed by atoms with E-state index < -0.39 is 21.8 Å². The van der Waals surface area contributed by atoms with Crippen LogP contribution in [-0.4, -0.2) is 40.3 Å². The highest BCUT2D eigenvalue weighted by Crippen LogP contribution is 2.36. The van der Waals surface area contributed by atoms with Gasteiger partial charge in [0.15, 0.2) is 0 Å². The fourth-order valence-electron chi connectivity index (χ4n) is 3.13. The fourth-order valence-corrected chi connectivity index (χ4v) is 4.37. The molecule has 6 nitrogen and oxygen atoms in total. The Balaban J connectivity index is 1.90. The molecule has 0 atom stereocenters. The van der Waals surface area contributed by atoms with Gasteiger partial charge < -0.3 is 10.1 Å². The molecule has 0 heterocycles. The highest BCUT2D eigenvalue weighted by molar-refractivity contribution is 7.92. The molecule has 0 saturated carbocycles. The molecule has 0 fully saturated rings. The molecule has 0 aliphatic carbocycles. The number of sulfonamides is 1. The Bertz CT molecular complexity index is 1090. The van der Waals surface area contributed by atoms with Crippen LogP contribution in [-0.2, 0) is 21.0 Å². The van der Waals surface area contributed by atoms with Crippen LogP contribution in [0.25, 0.3) is 0 Å². The van der Waals surface area contributed by atoms with Crippen molar-refractivity contribution in [2.24, 2.45) is 0 Å². The van der Waals surface area contributed by atoms with Crippen molar-refractivity contribution in [3.05, 3.63) is 58.1 Å². The number of hydrogen-bond acceptors (Lipinski definition) is 4. The molecule has 1 N–H and O–H groups in total. The topological polar surface area (TPSA) is 75.7 Å².